The van der Waals surface area contributed by atoms with E-state index in [4.69, 9.17) is 9.73 Å². The first-order valence-corrected chi connectivity index (χ1v) is 12.8. The SMILES string of the molecule is CCCS(=O)(=O)N1CCC(NC(=NCC2CCN(CCOC)CC2)NCC)CC1.I. The van der Waals surface area contributed by atoms with Crippen LogP contribution in [0.3, 0.4) is 0 Å². The van der Waals surface area contributed by atoms with Crippen molar-refractivity contribution < 1.29 is 13.2 Å². The van der Waals surface area contributed by atoms with Crippen molar-refractivity contribution in [1.29, 1.82) is 0 Å². The molecule has 0 aromatic carbocycles. The molecule has 2 fully saturated rings. The number of halogens is 1. The van der Waals surface area contributed by atoms with E-state index in [-0.39, 0.29) is 35.8 Å². The highest BCUT2D eigenvalue weighted by molar-refractivity contribution is 14.0. The number of aliphatic imine (C=N–C) groups is 1. The molecule has 2 heterocycles. The molecular formula is C20H42IN5O3S. The predicted octanol–water partition coefficient (Wildman–Crippen LogP) is 1.72. The van der Waals surface area contributed by atoms with E-state index in [2.05, 4.69) is 22.5 Å². The highest BCUT2D eigenvalue weighted by Crippen LogP contribution is 2.18. The Bertz CT molecular complexity index is 589. The van der Waals surface area contributed by atoms with Crippen LogP contribution in [-0.2, 0) is 14.8 Å². The summed E-state index contributed by atoms with van der Waals surface area (Å²) in [6.45, 7) is 10.9. The van der Waals surface area contributed by atoms with Crippen LogP contribution in [0.15, 0.2) is 4.99 Å². The maximum Gasteiger partial charge on any atom is 0.214 e. The summed E-state index contributed by atoms with van der Waals surface area (Å²) in [7, 11) is -1.33. The zero-order valence-electron chi connectivity index (χ0n) is 18.9. The molecule has 0 saturated carbocycles. The van der Waals surface area contributed by atoms with Crippen molar-refractivity contribution in [2.75, 3.05) is 65.3 Å². The second kappa shape index (κ2) is 14.8. The Morgan fingerprint density at radius 3 is 2.33 bits per heavy atom. The number of guanidine groups is 1. The van der Waals surface area contributed by atoms with E-state index in [1.165, 1.54) is 12.8 Å². The van der Waals surface area contributed by atoms with Gasteiger partial charge in [0.2, 0.25) is 10.0 Å². The minimum atomic E-state index is -3.08. The normalized spacial score (nSPS) is 20.7. The monoisotopic (exact) mass is 559 g/mol. The quantitative estimate of drug-likeness (QED) is 0.241. The van der Waals surface area contributed by atoms with E-state index in [1.807, 2.05) is 6.92 Å². The Kier molecular flexibility index (Phi) is 13.8. The van der Waals surface area contributed by atoms with E-state index in [1.54, 1.807) is 11.4 Å². The molecule has 0 aromatic rings. The minimum absolute atomic E-state index is 0. The van der Waals surface area contributed by atoms with Crippen LogP contribution in [0.25, 0.3) is 0 Å². The number of methoxy groups -OCH3 is 1. The van der Waals surface area contributed by atoms with Gasteiger partial charge in [0.1, 0.15) is 0 Å². The molecule has 2 N–H and O–H groups in total. The van der Waals surface area contributed by atoms with Gasteiger partial charge in [-0.05, 0) is 58.0 Å². The maximum absolute atomic E-state index is 12.2. The molecule has 0 unspecified atom stereocenters. The number of ether oxygens (including phenoxy) is 1. The van der Waals surface area contributed by atoms with Gasteiger partial charge < -0.3 is 20.3 Å². The lowest BCUT2D eigenvalue weighted by molar-refractivity contribution is 0.121. The van der Waals surface area contributed by atoms with Crippen LogP contribution in [0.1, 0.15) is 46.0 Å². The topological polar surface area (TPSA) is 86.3 Å². The fraction of sp³-hybridized carbons (Fsp3) is 0.950. The number of hydrogen-bond donors (Lipinski definition) is 2. The third-order valence-electron chi connectivity index (χ3n) is 5.82. The second-order valence-corrected chi connectivity index (χ2v) is 10.2. The fourth-order valence-corrected chi connectivity index (χ4v) is 5.55. The van der Waals surface area contributed by atoms with Crippen molar-refractivity contribution in [2.45, 2.75) is 52.0 Å². The van der Waals surface area contributed by atoms with Crippen molar-refractivity contribution in [1.82, 2.24) is 19.8 Å². The molecule has 0 bridgehead atoms. The minimum Gasteiger partial charge on any atom is -0.383 e. The van der Waals surface area contributed by atoms with Crippen molar-refractivity contribution >= 4 is 40.0 Å². The molecule has 0 aromatic heterocycles. The van der Waals surface area contributed by atoms with Crippen molar-refractivity contribution in [3.63, 3.8) is 0 Å². The van der Waals surface area contributed by atoms with Crippen molar-refractivity contribution in [2.24, 2.45) is 10.9 Å². The summed E-state index contributed by atoms with van der Waals surface area (Å²) in [5.74, 6) is 1.74. The van der Waals surface area contributed by atoms with E-state index < -0.39 is 10.0 Å². The first-order valence-electron chi connectivity index (χ1n) is 11.2. The number of nitrogens with zero attached hydrogens (tertiary/aromatic N) is 3. The Morgan fingerprint density at radius 1 is 1.10 bits per heavy atom. The van der Waals surface area contributed by atoms with E-state index in [0.717, 1.165) is 58.1 Å². The lowest BCUT2D eigenvalue weighted by atomic mass is 9.97. The second-order valence-electron chi connectivity index (χ2n) is 8.13. The van der Waals surface area contributed by atoms with Gasteiger partial charge in [-0.25, -0.2) is 12.7 Å². The molecule has 30 heavy (non-hydrogen) atoms. The average Bonchev–Trinajstić information content (AvgIpc) is 2.72. The Labute approximate surface area is 200 Å². The lowest BCUT2D eigenvalue weighted by Crippen LogP contribution is -2.50. The molecule has 10 heteroatoms. The summed E-state index contributed by atoms with van der Waals surface area (Å²) in [6, 6.07) is 0.275. The highest BCUT2D eigenvalue weighted by Gasteiger charge is 2.27. The average molecular weight is 560 g/mol. The molecule has 178 valence electrons. The number of nitrogens with one attached hydrogen (secondary N) is 2. The first kappa shape index (κ1) is 27.9. The van der Waals surface area contributed by atoms with Gasteiger partial charge in [0.15, 0.2) is 5.96 Å². The van der Waals surface area contributed by atoms with Crippen LogP contribution in [-0.4, -0.2) is 94.9 Å². The molecule has 0 aliphatic carbocycles. The molecule has 0 radical (unpaired) electrons. The van der Waals surface area contributed by atoms with Gasteiger partial charge in [-0.3, -0.25) is 4.99 Å². The predicted molar refractivity (Wildman–Crippen MR) is 134 cm³/mol. The summed E-state index contributed by atoms with van der Waals surface area (Å²) < 4.78 is 31.3. The molecule has 2 aliphatic heterocycles. The van der Waals surface area contributed by atoms with Gasteiger partial charge in [0, 0.05) is 45.9 Å². The largest absolute Gasteiger partial charge is 0.383 e. The summed E-state index contributed by atoms with van der Waals surface area (Å²) in [4.78, 5) is 7.30. The van der Waals surface area contributed by atoms with E-state index >= 15 is 0 Å². The Morgan fingerprint density at radius 2 is 1.77 bits per heavy atom. The lowest BCUT2D eigenvalue weighted by Gasteiger charge is -2.33. The van der Waals surface area contributed by atoms with E-state index in [0.29, 0.717) is 25.4 Å². The fourth-order valence-electron chi connectivity index (χ4n) is 4.01. The summed E-state index contributed by atoms with van der Waals surface area (Å²) in [5, 5.41) is 6.88. The number of likely N-dealkylation sites (tertiary alicyclic amines) is 1. The molecule has 8 nitrogen and oxygen atoms in total. The van der Waals surface area contributed by atoms with Crippen LogP contribution >= 0.6 is 24.0 Å². The van der Waals surface area contributed by atoms with Crippen LogP contribution in [0, 0.1) is 5.92 Å². The molecule has 2 saturated heterocycles. The molecular weight excluding hydrogens is 517 g/mol. The third-order valence-corrected chi connectivity index (χ3v) is 7.90. The van der Waals surface area contributed by atoms with Crippen LogP contribution in [0.4, 0.5) is 0 Å². The zero-order valence-corrected chi connectivity index (χ0v) is 22.1. The summed E-state index contributed by atoms with van der Waals surface area (Å²) in [5.41, 5.74) is 0. The van der Waals surface area contributed by atoms with Crippen molar-refractivity contribution in [3.8, 4) is 0 Å². The standard InChI is InChI=1S/C20H41N5O3S.HI/c1-4-16-29(26,27)25-12-8-19(9-13-25)23-20(21-5-2)22-17-18-6-10-24(11-7-18)14-15-28-3;/h18-19H,4-17H2,1-3H3,(H2,21,22,23);1H. The van der Waals surface area contributed by atoms with Crippen LogP contribution in [0.2, 0.25) is 0 Å². The molecule has 0 amide bonds. The molecule has 2 aliphatic rings. The van der Waals surface area contributed by atoms with Crippen LogP contribution < -0.4 is 10.6 Å². The Balaban J connectivity index is 0.00000450. The third kappa shape index (κ3) is 9.54. The summed E-state index contributed by atoms with van der Waals surface area (Å²) >= 11 is 0. The first-order chi connectivity index (χ1) is 14.0. The Hall–Kier alpha value is -0.170. The molecule has 0 spiro atoms. The number of piperidine rings is 2. The van der Waals surface area contributed by atoms with Crippen molar-refractivity contribution in [3.05, 3.63) is 0 Å². The molecule has 0 atom stereocenters. The number of rotatable bonds is 10. The van der Waals surface area contributed by atoms with Gasteiger partial charge in [-0.1, -0.05) is 6.92 Å². The smallest absolute Gasteiger partial charge is 0.214 e. The van der Waals surface area contributed by atoms with Gasteiger partial charge in [-0.15, -0.1) is 24.0 Å². The van der Waals surface area contributed by atoms with Crippen LogP contribution in [0.5, 0.6) is 0 Å². The van der Waals surface area contributed by atoms with E-state index in [9.17, 15) is 8.42 Å². The summed E-state index contributed by atoms with van der Waals surface area (Å²) in [6.07, 6.45) is 4.68. The van der Waals surface area contributed by atoms with Gasteiger partial charge in [0.25, 0.3) is 0 Å². The zero-order chi connectivity index (χ0) is 21.1. The van der Waals surface area contributed by atoms with Gasteiger partial charge in [0.05, 0.1) is 12.4 Å². The highest BCUT2D eigenvalue weighted by atomic mass is 127. The molecule has 2 rings (SSSR count). The van der Waals surface area contributed by atoms with Gasteiger partial charge >= 0.3 is 0 Å². The number of hydrogen-bond acceptors (Lipinski definition) is 5. The van der Waals surface area contributed by atoms with Gasteiger partial charge in [-0.2, -0.15) is 0 Å². The maximum atomic E-state index is 12.2. The number of sulfonamides is 1.